The monoisotopic (exact) mass is 277 g/mol. The highest BCUT2D eigenvalue weighted by atomic mass is 15.0. The molecular formula is C17H31N3. The van der Waals surface area contributed by atoms with Crippen LogP contribution in [0.5, 0.6) is 0 Å². The highest BCUT2D eigenvalue weighted by Crippen LogP contribution is 2.45. The Morgan fingerprint density at radius 3 is 2.80 bits per heavy atom. The molecular weight excluding hydrogens is 246 g/mol. The fourth-order valence-electron chi connectivity index (χ4n) is 3.48. The molecule has 0 radical (unpaired) electrons. The van der Waals surface area contributed by atoms with Crippen LogP contribution in [0.1, 0.15) is 58.7 Å². The summed E-state index contributed by atoms with van der Waals surface area (Å²) in [6, 6.07) is 0. The van der Waals surface area contributed by atoms with Gasteiger partial charge in [-0.15, -0.1) is 0 Å². The maximum atomic E-state index is 4.63. The first-order valence-electron chi connectivity index (χ1n) is 8.07. The lowest BCUT2D eigenvalue weighted by atomic mass is 9.66. The van der Waals surface area contributed by atoms with Crippen LogP contribution in [0.4, 0.5) is 0 Å². The summed E-state index contributed by atoms with van der Waals surface area (Å²) in [6.45, 7) is 11.6. The summed E-state index contributed by atoms with van der Waals surface area (Å²) in [5.74, 6) is 3.32. The molecule has 0 aliphatic heterocycles. The topological polar surface area (TPSA) is 29.9 Å². The molecule has 1 N–H and O–H groups in total. The van der Waals surface area contributed by atoms with E-state index in [4.69, 9.17) is 0 Å². The molecule has 2 rings (SSSR count). The summed E-state index contributed by atoms with van der Waals surface area (Å²) < 4.78 is 2.21. The molecule has 0 amide bonds. The van der Waals surface area contributed by atoms with Gasteiger partial charge in [-0.2, -0.15) is 0 Å². The van der Waals surface area contributed by atoms with Crippen molar-refractivity contribution in [2.24, 2.45) is 24.3 Å². The van der Waals surface area contributed by atoms with E-state index in [1.54, 1.807) is 0 Å². The number of rotatable bonds is 5. The van der Waals surface area contributed by atoms with Gasteiger partial charge in [-0.25, -0.2) is 4.98 Å². The van der Waals surface area contributed by atoms with Crippen molar-refractivity contribution in [1.82, 2.24) is 14.9 Å². The average Bonchev–Trinajstić information content (AvgIpc) is 2.76. The number of hydrogen-bond donors (Lipinski definition) is 1. The maximum absolute atomic E-state index is 4.63. The first-order chi connectivity index (χ1) is 9.39. The number of hydrogen-bond acceptors (Lipinski definition) is 2. The largest absolute Gasteiger partial charge is 0.338 e. The van der Waals surface area contributed by atoms with Gasteiger partial charge in [0.15, 0.2) is 0 Å². The smallest absolute Gasteiger partial charge is 0.111 e. The normalized spacial score (nSPS) is 26.1. The van der Waals surface area contributed by atoms with E-state index in [-0.39, 0.29) is 0 Å². The van der Waals surface area contributed by atoms with Gasteiger partial charge >= 0.3 is 0 Å². The summed E-state index contributed by atoms with van der Waals surface area (Å²) >= 11 is 0. The van der Waals surface area contributed by atoms with E-state index in [1.807, 2.05) is 6.20 Å². The van der Waals surface area contributed by atoms with Gasteiger partial charge in [0.25, 0.3) is 0 Å². The van der Waals surface area contributed by atoms with Crippen molar-refractivity contribution >= 4 is 0 Å². The zero-order valence-electron chi connectivity index (χ0n) is 13.8. The predicted molar refractivity (Wildman–Crippen MR) is 84.8 cm³/mol. The van der Waals surface area contributed by atoms with E-state index in [2.05, 4.69) is 55.8 Å². The second-order valence-corrected chi connectivity index (χ2v) is 7.72. The van der Waals surface area contributed by atoms with Crippen LogP contribution in [0.15, 0.2) is 12.4 Å². The lowest BCUT2D eigenvalue weighted by Gasteiger charge is -2.40. The molecule has 1 aliphatic rings. The van der Waals surface area contributed by atoms with E-state index < -0.39 is 0 Å². The van der Waals surface area contributed by atoms with Crippen LogP contribution in [0, 0.1) is 17.3 Å². The van der Waals surface area contributed by atoms with Crippen LogP contribution in [-0.4, -0.2) is 22.6 Å². The molecule has 0 saturated heterocycles. The van der Waals surface area contributed by atoms with Crippen LogP contribution in [0.3, 0.4) is 0 Å². The van der Waals surface area contributed by atoms with Crippen molar-refractivity contribution < 1.29 is 0 Å². The van der Waals surface area contributed by atoms with Gasteiger partial charge in [-0.05, 0) is 49.6 Å². The molecule has 0 aromatic carbocycles. The van der Waals surface area contributed by atoms with Gasteiger partial charge in [0.2, 0.25) is 0 Å². The molecule has 1 aliphatic carbocycles. The molecule has 1 saturated carbocycles. The van der Waals surface area contributed by atoms with Crippen molar-refractivity contribution in [3.63, 3.8) is 0 Å². The third-order valence-corrected chi connectivity index (χ3v) is 4.68. The minimum Gasteiger partial charge on any atom is -0.338 e. The van der Waals surface area contributed by atoms with Crippen molar-refractivity contribution in [2.75, 3.05) is 13.1 Å². The SMILES string of the molecule is CC(C)CNCC1CCC(C)(C)CC1c1nccn1C. The molecule has 20 heavy (non-hydrogen) atoms. The highest BCUT2D eigenvalue weighted by molar-refractivity contribution is 5.06. The third kappa shape index (κ3) is 3.85. The lowest BCUT2D eigenvalue weighted by molar-refractivity contribution is 0.153. The quantitative estimate of drug-likeness (QED) is 0.891. The Bertz CT molecular complexity index is 420. The van der Waals surface area contributed by atoms with Crippen molar-refractivity contribution in [1.29, 1.82) is 0 Å². The summed E-state index contributed by atoms with van der Waals surface area (Å²) in [7, 11) is 2.13. The van der Waals surface area contributed by atoms with Crippen molar-refractivity contribution in [3.8, 4) is 0 Å². The molecule has 2 unspecified atom stereocenters. The molecule has 3 heteroatoms. The second kappa shape index (κ2) is 6.30. The van der Waals surface area contributed by atoms with Crippen LogP contribution in [-0.2, 0) is 7.05 Å². The van der Waals surface area contributed by atoms with Gasteiger partial charge in [-0.1, -0.05) is 27.7 Å². The van der Waals surface area contributed by atoms with Crippen LogP contribution >= 0.6 is 0 Å². The summed E-state index contributed by atoms with van der Waals surface area (Å²) in [5, 5.41) is 3.66. The van der Waals surface area contributed by atoms with Crippen LogP contribution < -0.4 is 5.32 Å². The van der Waals surface area contributed by atoms with Crippen LogP contribution in [0.25, 0.3) is 0 Å². The molecule has 0 bridgehead atoms. The number of nitrogens with zero attached hydrogens (tertiary/aromatic N) is 2. The fraction of sp³-hybridized carbons (Fsp3) is 0.824. The van der Waals surface area contributed by atoms with E-state index >= 15 is 0 Å². The van der Waals surface area contributed by atoms with Crippen molar-refractivity contribution in [2.45, 2.75) is 52.9 Å². The van der Waals surface area contributed by atoms with Crippen molar-refractivity contribution in [3.05, 3.63) is 18.2 Å². The summed E-state index contributed by atoms with van der Waals surface area (Å²) in [5.41, 5.74) is 0.450. The Labute approximate surface area is 124 Å². The predicted octanol–water partition coefficient (Wildman–Crippen LogP) is 3.58. The zero-order valence-corrected chi connectivity index (χ0v) is 13.8. The third-order valence-electron chi connectivity index (χ3n) is 4.68. The van der Waals surface area contributed by atoms with E-state index in [0.29, 0.717) is 11.3 Å². The highest BCUT2D eigenvalue weighted by Gasteiger charge is 2.37. The minimum atomic E-state index is 0.450. The molecule has 2 atom stereocenters. The molecule has 1 aromatic rings. The molecule has 114 valence electrons. The molecule has 1 fully saturated rings. The Morgan fingerprint density at radius 2 is 2.20 bits per heavy atom. The van der Waals surface area contributed by atoms with Crippen LogP contribution in [0.2, 0.25) is 0 Å². The van der Waals surface area contributed by atoms with E-state index in [0.717, 1.165) is 24.9 Å². The number of aryl methyl sites for hydroxylation is 1. The summed E-state index contributed by atoms with van der Waals surface area (Å²) in [4.78, 5) is 4.63. The minimum absolute atomic E-state index is 0.450. The second-order valence-electron chi connectivity index (χ2n) is 7.72. The van der Waals surface area contributed by atoms with Gasteiger partial charge in [0, 0.05) is 25.4 Å². The fourth-order valence-corrected chi connectivity index (χ4v) is 3.48. The molecule has 3 nitrogen and oxygen atoms in total. The van der Waals surface area contributed by atoms with Gasteiger partial charge in [0.05, 0.1) is 0 Å². The Hall–Kier alpha value is -0.830. The molecule has 1 aromatic heterocycles. The molecule has 1 heterocycles. The lowest BCUT2D eigenvalue weighted by Crippen LogP contribution is -2.36. The summed E-state index contributed by atoms with van der Waals surface area (Å²) in [6.07, 6.45) is 7.93. The first kappa shape index (κ1) is 15.6. The standard InChI is InChI=1S/C17H31N3/c1-13(2)11-18-12-14-6-7-17(3,4)10-15(14)16-19-8-9-20(16)5/h8-9,13-15,18H,6-7,10-12H2,1-5H3. The van der Waals surface area contributed by atoms with E-state index in [9.17, 15) is 0 Å². The van der Waals surface area contributed by atoms with Gasteiger partial charge in [-0.3, -0.25) is 0 Å². The zero-order chi connectivity index (χ0) is 14.8. The molecule has 0 spiro atoms. The first-order valence-corrected chi connectivity index (χ1v) is 8.07. The average molecular weight is 277 g/mol. The number of nitrogens with one attached hydrogen (secondary N) is 1. The Morgan fingerprint density at radius 1 is 1.45 bits per heavy atom. The Kier molecular flexibility index (Phi) is 4.90. The van der Waals surface area contributed by atoms with Gasteiger partial charge < -0.3 is 9.88 Å². The van der Waals surface area contributed by atoms with E-state index in [1.165, 1.54) is 25.1 Å². The number of imidazole rings is 1. The Balaban J connectivity index is 2.07. The number of aromatic nitrogens is 2. The van der Waals surface area contributed by atoms with Gasteiger partial charge in [0.1, 0.15) is 5.82 Å². The maximum Gasteiger partial charge on any atom is 0.111 e.